The lowest BCUT2D eigenvalue weighted by Crippen LogP contribution is -2.10. The van der Waals surface area contributed by atoms with Crippen molar-refractivity contribution in [3.8, 4) is 0 Å². The molecule has 19 heavy (non-hydrogen) atoms. The fraction of sp³-hybridized carbons (Fsp3) is 0.250. The molecule has 0 spiro atoms. The van der Waals surface area contributed by atoms with Crippen LogP contribution in [0.4, 0.5) is 24.8 Å². The summed E-state index contributed by atoms with van der Waals surface area (Å²) in [5.74, 6) is 0.385. The molecule has 3 nitrogen and oxygen atoms in total. The molecule has 0 saturated heterocycles. The highest BCUT2D eigenvalue weighted by molar-refractivity contribution is 9.10. The molecule has 1 heterocycles. The first-order chi connectivity index (χ1) is 8.91. The van der Waals surface area contributed by atoms with Crippen molar-refractivity contribution < 1.29 is 13.2 Å². The molecule has 0 saturated carbocycles. The van der Waals surface area contributed by atoms with Gasteiger partial charge in [-0.3, -0.25) is 0 Å². The molecule has 1 aromatic heterocycles. The second kappa shape index (κ2) is 5.24. The summed E-state index contributed by atoms with van der Waals surface area (Å²) in [6.45, 7) is 2.51. The van der Waals surface area contributed by atoms with Crippen molar-refractivity contribution in [3.05, 3.63) is 40.6 Å². The number of aryl methyl sites for hydroxylation is 1. The van der Waals surface area contributed by atoms with Crippen molar-refractivity contribution in [1.29, 1.82) is 0 Å². The van der Waals surface area contributed by atoms with Gasteiger partial charge in [-0.25, -0.2) is 4.98 Å². The highest BCUT2D eigenvalue weighted by atomic mass is 79.9. The largest absolute Gasteiger partial charge is 0.418 e. The van der Waals surface area contributed by atoms with Crippen LogP contribution in [0.25, 0.3) is 0 Å². The summed E-state index contributed by atoms with van der Waals surface area (Å²) < 4.78 is 41.0. The zero-order valence-electron chi connectivity index (χ0n) is 10.0. The number of nitrogens with one attached hydrogen (secondary N) is 1. The van der Waals surface area contributed by atoms with Crippen molar-refractivity contribution in [2.24, 2.45) is 0 Å². The summed E-state index contributed by atoms with van der Waals surface area (Å²) in [4.78, 5) is 4.00. The normalized spacial score (nSPS) is 11.6. The van der Waals surface area contributed by atoms with E-state index in [1.165, 1.54) is 12.3 Å². The van der Waals surface area contributed by atoms with Crippen LogP contribution in [0.3, 0.4) is 0 Å². The number of alkyl halides is 3. The van der Waals surface area contributed by atoms with Crippen molar-refractivity contribution in [2.45, 2.75) is 19.6 Å². The maximum Gasteiger partial charge on any atom is 0.418 e. The summed E-state index contributed by atoms with van der Waals surface area (Å²) in [6.07, 6.45) is -1.18. The number of halogens is 4. The number of anilines is 2. The molecule has 2 rings (SSSR count). The predicted molar refractivity (Wildman–Crippen MR) is 70.3 cm³/mol. The number of rotatable bonds is 3. The monoisotopic (exact) mass is 333 g/mol. The second-order valence-corrected chi connectivity index (χ2v) is 4.77. The van der Waals surface area contributed by atoms with Gasteiger partial charge in [0, 0.05) is 23.4 Å². The van der Waals surface area contributed by atoms with E-state index in [9.17, 15) is 13.2 Å². The minimum absolute atomic E-state index is 0.0170. The number of hydrogen-bond donors (Lipinski definition) is 1. The van der Waals surface area contributed by atoms with Gasteiger partial charge in [-0.15, -0.1) is 0 Å². The molecular formula is C12H11BrF3N3. The number of aromatic nitrogens is 2. The van der Waals surface area contributed by atoms with Gasteiger partial charge in [0.2, 0.25) is 5.95 Å². The third-order valence-corrected chi connectivity index (χ3v) is 3.08. The molecule has 0 atom stereocenters. The van der Waals surface area contributed by atoms with E-state index >= 15 is 0 Å². The molecule has 102 valence electrons. The number of imidazole rings is 1. The summed E-state index contributed by atoms with van der Waals surface area (Å²) >= 11 is 3.05. The highest BCUT2D eigenvalue weighted by Crippen LogP contribution is 2.37. The van der Waals surface area contributed by atoms with E-state index in [0.29, 0.717) is 17.0 Å². The first-order valence-electron chi connectivity index (χ1n) is 5.56. The number of benzene rings is 1. The van der Waals surface area contributed by atoms with Crippen molar-refractivity contribution in [1.82, 2.24) is 9.55 Å². The van der Waals surface area contributed by atoms with Crippen LogP contribution in [-0.2, 0) is 12.7 Å². The summed E-state index contributed by atoms with van der Waals surface area (Å²) in [5, 5.41) is 2.72. The zero-order chi connectivity index (χ0) is 14.0. The van der Waals surface area contributed by atoms with Crippen LogP contribution in [0.2, 0.25) is 0 Å². The number of nitrogens with zero attached hydrogens (tertiary/aromatic N) is 2. The molecule has 0 aliphatic carbocycles. The Balaban J connectivity index is 2.40. The van der Waals surface area contributed by atoms with E-state index in [1.54, 1.807) is 16.8 Å². The second-order valence-electron chi connectivity index (χ2n) is 3.85. The average Bonchev–Trinajstić information content (AvgIpc) is 2.77. The highest BCUT2D eigenvalue weighted by Gasteiger charge is 2.34. The van der Waals surface area contributed by atoms with Crippen molar-refractivity contribution in [2.75, 3.05) is 5.32 Å². The van der Waals surface area contributed by atoms with E-state index in [4.69, 9.17) is 0 Å². The van der Waals surface area contributed by atoms with Crippen LogP contribution < -0.4 is 5.32 Å². The van der Waals surface area contributed by atoms with Crippen molar-refractivity contribution >= 4 is 27.6 Å². The molecule has 0 bridgehead atoms. The van der Waals surface area contributed by atoms with Crippen LogP contribution in [0.1, 0.15) is 12.5 Å². The Hall–Kier alpha value is -1.50. The van der Waals surface area contributed by atoms with Gasteiger partial charge in [0.15, 0.2) is 0 Å². The quantitative estimate of drug-likeness (QED) is 0.900. The van der Waals surface area contributed by atoms with Gasteiger partial charge in [-0.2, -0.15) is 13.2 Å². The van der Waals surface area contributed by atoms with Crippen LogP contribution in [-0.4, -0.2) is 9.55 Å². The van der Waals surface area contributed by atoms with Gasteiger partial charge >= 0.3 is 6.18 Å². The predicted octanol–water partition coefficient (Wildman–Crippen LogP) is 4.43. The van der Waals surface area contributed by atoms with E-state index in [1.807, 2.05) is 6.92 Å². The van der Waals surface area contributed by atoms with Gasteiger partial charge in [-0.05, 0) is 25.1 Å². The van der Waals surface area contributed by atoms with Gasteiger partial charge in [-0.1, -0.05) is 15.9 Å². The zero-order valence-corrected chi connectivity index (χ0v) is 11.6. The number of hydrogen-bond acceptors (Lipinski definition) is 2. The molecule has 0 radical (unpaired) electrons. The third-order valence-electron chi connectivity index (χ3n) is 2.59. The van der Waals surface area contributed by atoms with E-state index in [-0.39, 0.29) is 5.69 Å². The molecular weight excluding hydrogens is 323 g/mol. The fourth-order valence-electron chi connectivity index (χ4n) is 1.67. The average molecular weight is 334 g/mol. The Morgan fingerprint density at radius 2 is 2.11 bits per heavy atom. The summed E-state index contributed by atoms with van der Waals surface area (Å²) in [7, 11) is 0. The SMILES string of the molecule is CCn1ccnc1Nc1ccc(Br)cc1C(F)(F)F. The van der Waals surface area contributed by atoms with E-state index < -0.39 is 11.7 Å². The topological polar surface area (TPSA) is 29.9 Å². The molecule has 0 unspecified atom stereocenters. The molecule has 0 amide bonds. The maximum atomic E-state index is 13.0. The van der Waals surface area contributed by atoms with Gasteiger partial charge in [0.05, 0.1) is 11.3 Å². The minimum atomic E-state index is -4.42. The first kappa shape index (κ1) is 13.9. The molecule has 0 fully saturated rings. The van der Waals surface area contributed by atoms with Crippen LogP contribution >= 0.6 is 15.9 Å². The molecule has 7 heteroatoms. The lowest BCUT2D eigenvalue weighted by molar-refractivity contribution is -0.137. The maximum absolute atomic E-state index is 13.0. The molecule has 2 aromatic rings. The van der Waals surface area contributed by atoms with E-state index in [0.717, 1.165) is 6.07 Å². The van der Waals surface area contributed by atoms with Crippen molar-refractivity contribution in [3.63, 3.8) is 0 Å². The van der Waals surface area contributed by atoms with Crippen LogP contribution in [0.5, 0.6) is 0 Å². The Labute approximate surface area is 116 Å². The van der Waals surface area contributed by atoms with Gasteiger partial charge in [0.1, 0.15) is 0 Å². The Morgan fingerprint density at radius 3 is 2.74 bits per heavy atom. The first-order valence-corrected chi connectivity index (χ1v) is 6.36. The molecule has 1 N–H and O–H groups in total. The third kappa shape index (κ3) is 3.09. The van der Waals surface area contributed by atoms with Gasteiger partial charge < -0.3 is 9.88 Å². The van der Waals surface area contributed by atoms with Crippen LogP contribution in [0, 0.1) is 0 Å². The van der Waals surface area contributed by atoms with E-state index in [2.05, 4.69) is 26.2 Å². The molecule has 1 aromatic carbocycles. The Kier molecular flexibility index (Phi) is 3.84. The van der Waals surface area contributed by atoms with Gasteiger partial charge in [0.25, 0.3) is 0 Å². The smallest absolute Gasteiger partial charge is 0.325 e. The lowest BCUT2D eigenvalue weighted by atomic mass is 10.1. The summed E-state index contributed by atoms with van der Waals surface area (Å²) in [5.41, 5.74) is -0.746. The van der Waals surface area contributed by atoms with Crippen LogP contribution in [0.15, 0.2) is 35.1 Å². The lowest BCUT2D eigenvalue weighted by Gasteiger charge is -2.15. The minimum Gasteiger partial charge on any atom is -0.325 e. The molecule has 0 aliphatic heterocycles. The Bertz CT molecular complexity index is 578. The standard InChI is InChI=1S/C12H11BrF3N3/c1-2-19-6-5-17-11(19)18-10-4-3-8(13)7-9(10)12(14,15)16/h3-7H,2H2,1H3,(H,17,18). The Morgan fingerprint density at radius 1 is 1.37 bits per heavy atom. The summed E-state index contributed by atoms with van der Waals surface area (Å²) in [6, 6.07) is 3.97. The fourth-order valence-corrected chi connectivity index (χ4v) is 2.03. The molecule has 0 aliphatic rings.